The fourth-order valence-corrected chi connectivity index (χ4v) is 2.58. The maximum Gasteiger partial charge on any atom is 0.222 e. The summed E-state index contributed by atoms with van der Waals surface area (Å²) in [6.45, 7) is 4.18. The van der Waals surface area contributed by atoms with Crippen molar-refractivity contribution in [3.05, 3.63) is 51.7 Å². The Hall–Kier alpha value is -1.75. The van der Waals surface area contributed by atoms with Gasteiger partial charge in [0.05, 0.1) is 6.54 Å². The Morgan fingerprint density at radius 1 is 1.35 bits per heavy atom. The van der Waals surface area contributed by atoms with E-state index in [0.29, 0.717) is 6.54 Å². The highest BCUT2D eigenvalue weighted by Crippen LogP contribution is 2.17. The molecule has 0 saturated heterocycles. The minimum atomic E-state index is -0.227. The molecule has 0 aliphatic carbocycles. The number of nitrogens with zero attached hydrogens (tertiary/aromatic N) is 1. The average Bonchev–Trinajstić information content (AvgIpc) is 2.86. The number of hydrogen-bond donors (Lipinski definition) is 1. The lowest BCUT2D eigenvalue weighted by Crippen LogP contribution is -2.26. The second-order valence-corrected chi connectivity index (χ2v) is 6.10. The Morgan fingerprint density at radius 3 is 2.70 bits per heavy atom. The quantitative estimate of drug-likeness (QED) is 0.920. The third-order valence-corrected chi connectivity index (χ3v) is 3.83. The van der Waals surface area contributed by atoms with Gasteiger partial charge < -0.3 is 5.32 Å². The summed E-state index contributed by atoms with van der Waals surface area (Å²) in [6.07, 6.45) is 2.54. The van der Waals surface area contributed by atoms with Crippen LogP contribution in [0.5, 0.6) is 0 Å². The van der Waals surface area contributed by atoms with Crippen molar-refractivity contribution in [2.75, 3.05) is 0 Å². The first-order chi connectivity index (χ1) is 9.54. The topological polar surface area (TPSA) is 42.0 Å². The van der Waals surface area contributed by atoms with E-state index in [0.717, 1.165) is 21.9 Å². The van der Waals surface area contributed by atoms with Crippen LogP contribution in [0.2, 0.25) is 0 Å². The molecule has 0 radical (unpaired) electrons. The summed E-state index contributed by atoms with van der Waals surface area (Å²) < 4.78 is 12.8. The fraction of sp³-hybridized carbons (Fsp3) is 0.333. The van der Waals surface area contributed by atoms with E-state index in [1.54, 1.807) is 23.5 Å². The van der Waals surface area contributed by atoms with E-state index < -0.39 is 0 Å². The highest BCUT2D eigenvalue weighted by molar-refractivity contribution is 7.11. The first kappa shape index (κ1) is 14.7. The second kappa shape index (κ2) is 6.61. The molecule has 0 unspecified atom stereocenters. The highest BCUT2D eigenvalue weighted by atomic mass is 32.1. The molecule has 0 aliphatic rings. The zero-order valence-electron chi connectivity index (χ0n) is 11.5. The van der Waals surface area contributed by atoms with E-state index in [9.17, 15) is 9.18 Å². The van der Waals surface area contributed by atoms with E-state index in [4.69, 9.17) is 0 Å². The summed E-state index contributed by atoms with van der Waals surface area (Å²) >= 11 is 1.57. The van der Waals surface area contributed by atoms with Crippen molar-refractivity contribution in [2.45, 2.75) is 26.8 Å². The van der Waals surface area contributed by atoms with E-state index in [2.05, 4.69) is 10.3 Å². The number of halogens is 1. The maximum atomic E-state index is 12.8. The van der Waals surface area contributed by atoms with Gasteiger partial charge in [-0.3, -0.25) is 4.79 Å². The molecule has 0 spiro atoms. The molecule has 1 amide bonds. The van der Waals surface area contributed by atoms with Gasteiger partial charge in [0.25, 0.3) is 0 Å². The molecule has 5 heteroatoms. The Bertz CT molecular complexity index is 578. The molecule has 0 saturated carbocycles. The molecule has 106 valence electrons. The van der Waals surface area contributed by atoms with Crippen molar-refractivity contribution in [3.63, 3.8) is 0 Å². The van der Waals surface area contributed by atoms with Gasteiger partial charge in [-0.1, -0.05) is 26.0 Å². The Balaban J connectivity index is 1.92. The number of carbonyl (C=O) groups is 1. The number of rotatable bonds is 5. The minimum Gasteiger partial charge on any atom is -0.349 e. The number of thiazole rings is 1. The van der Waals surface area contributed by atoms with Gasteiger partial charge in [-0.05, 0) is 17.7 Å². The number of nitrogens with one attached hydrogen (secondary N) is 1. The van der Waals surface area contributed by atoms with E-state index in [1.165, 1.54) is 12.1 Å². The van der Waals surface area contributed by atoms with E-state index in [-0.39, 0.29) is 17.6 Å². The summed E-state index contributed by atoms with van der Waals surface area (Å²) in [7, 11) is 0. The first-order valence-corrected chi connectivity index (χ1v) is 7.32. The Kier molecular flexibility index (Phi) is 4.84. The van der Waals surface area contributed by atoms with E-state index in [1.807, 2.05) is 20.0 Å². The van der Waals surface area contributed by atoms with Crippen molar-refractivity contribution >= 4 is 17.2 Å². The molecular weight excluding hydrogens is 275 g/mol. The number of hydrogen-bond acceptors (Lipinski definition) is 3. The van der Waals surface area contributed by atoms with Crippen LogP contribution in [-0.4, -0.2) is 10.9 Å². The molecular formula is C15H17FN2OS. The van der Waals surface area contributed by atoms with Gasteiger partial charge in [0.2, 0.25) is 5.91 Å². The minimum absolute atomic E-state index is 0.0198. The second-order valence-electron chi connectivity index (χ2n) is 4.90. The van der Waals surface area contributed by atoms with Crippen LogP contribution in [0.15, 0.2) is 30.5 Å². The monoisotopic (exact) mass is 292 g/mol. The van der Waals surface area contributed by atoms with E-state index >= 15 is 0 Å². The van der Waals surface area contributed by atoms with Crippen molar-refractivity contribution in [1.82, 2.24) is 10.3 Å². The largest absolute Gasteiger partial charge is 0.349 e. The molecule has 0 fully saturated rings. The van der Waals surface area contributed by atoms with Gasteiger partial charge in [-0.15, -0.1) is 11.3 Å². The molecule has 0 aliphatic heterocycles. The van der Waals surface area contributed by atoms with Crippen LogP contribution in [0, 0.1) is 11.7 Å². The van der Waals surface area contributed by atoms with Gasteiger partial charge in [0.15, 0.2) is 0 Å². The predicted octanol–water partition coefficient (Wildman–Crippen LogP) is 3.15. The third kappa shape index (κ3) is 4.13. The van der Waals surface area contributed by atoms with Gasteiger partial charge in [0.1, 0.15) is 10.8 Å². The molecule has 3 nitrogen and oxygen atoms in total. The van der Waals surface area contributed by atoms with Crippen molar-refractivity contribution in [2.24, 2.45) is 5.92 Å². The summed E-state index contributed by atoms with van der Waals surface area (Å²) in [5, 5.41) is 3.73. The first-order valence-electron chi connectivity index (χ1n) is 6.50. The third-order valence-electron chi connectivity index (χ3n) is 2.83. The average molecular weight is 292 g/mol. The summed E-state index contributed by atoms with van der Waals surface area (Å²) in [5.41, 5.74) is 1.05. The van der Waals surface area contributed by atoms with Crippen LogP contribution in [0.25, 0.3) is 0 Å². The number of aromatic nitrogens is 1. The summed E-state index contributed by atoms with van der Waals surface area (Å²) in [5.74, 6) is -0.218. The van der Waals surface area contributed by atoms with Crippen LogP contribution in [0.4, 0.5) is 4.39 Å². The lowest BCUT2D eigenvalue weighted by molar-refractivity contribution is -0.124. The van der Waals surface area contributed by atoms with Gasteiger partial charge in [-0.25, -0.2) is 9.37 Å². The zero-order valence-corrected chi connectivity index (χ0v) is 12.3. The van der Waals surface area contributed by atoms with Crippen LogP contribution in [0.3, 0.4) is 0 Å². The molecule has 2 rings (SSSR count). The Labute approximate surface area is 121 Å². The maximum absolute atomic E-state index is 12.8. The molecule has 0 bridgehead atoms. The fourth-order valence-electron chi connectivity index (χ4n) is 1.68. The zero-order chi connectivity index (χ0) is 14.5. The number of amides is 1. The van der Waals surface area contributed by atoms with Crippen molar-refractivity contribution in [3.8, 4) is 0 Å². The van der Waals surface area contributed by atoms with Crippen LogP contribution in [-0.2, 0) is 17.8 Å². The van der Waals surface area contributed by atoms with Gasteiger partial charge in [-0.2, -0.15) is 0 Å². The van der Waals surface area contributed by atoms with Gasteiger partial charge >= 0.3 is 0 Å². The molecule has 1 heterocycles. The van der Waals surface area contributed by atoms with Crippen LogP contribution >= 0.6 is 11.3 Å². The van der Waals surface area contributed by atoms with Crippen molar-refractivity contribution in [1.29, 1.82) is 0 Å². The standard InChI is InChI=1S/C15H17FN2OS/c1-10(2)15(19)18-9-14-17-8-13(20-14)7-11-3-5-12(16)6-4-11/h3-6,8,10H,7,9H2,1-2H3,(H,18,19). The van der Waals surface area contributed by atoms with Gasteiger partial charge in [0, 0.05) is 23.4 Å². The lowest BCUT2D eigenvalue weighted by atomic mass is 10.1. The molecule has 20 heavy (non-hydrogen) atoms. The smallest absolute Gasteiger partial charge is 0.222 e. The van der Waals surface area contributed by atoms with Crippen LogP contribution in [0.1, 0.15) is 29.3 Å². The normalized spacial score (nSPS) is 10.8. The molecule has 1 aromatic carbocycles. The lowest BCUT2D eigenvalue weighted by Gasteiger charge is -2.04. The molecule has 1 aromatic heterocycles. The molecule has 1 N–H and O–H groups in total. The SMILES string of the molecule is CC(C)C(=O)NCc1ncc(Cc2ccc(F)cc2)s1. The summed E-state index contributed by atoms with van der Waals surface area (Å²) in [4.78, 5) is 16.9. The number of benzene rings is 1. The molecule has 2 aromatic rings. The Morgan fingerprint density at radius 2 is 2.05 bits per heavy atom. The highest BCUT2D eigenvalue weighted by Gasteiger charge is 2.08. The summed E-state index contributed by atoms with van der Waals surface area (Å²) in [6, 6.07) is 6.46. The van der Waals surface area contributed by atoms with Crippen molar-refractivity contribution < 1.29 is 9.18 Å². The number of carbonyl (C=O) groups excluding carboxylic acids is 1. The predicted molar refractivity (Wildman–Crippen MR) is 78.0 cm³/mol. The molecule has 0 atom stereocenters. The van der Waals surface area contributed by atoms with Crippen LogP contribution < -0.4 is 5.32 Å².